The normalized spacial score (nSPS) is 10.8. The Labute approximate surface area is 104 Å². The Hall–Kier alpha value is -1.19. The van der Waals surface area contributed by atoms with E-state index in [2.05, 4.69) is 17.3 Å². The van der Waals surface area contributed by atoms with Crippen molar-refractivity contribution < 1.29 is 4.79 Å². The number of rotatable bonds is 8. The molecule has 17 heavy (non-hydrogen) atoms. The monoisotopic (exact) mass is 234 g/mol. The summed E-state index contributed by atoms with van der Waals surface area (Å²) >= 11 is 0. The van der Waals surface area contributed by atoms with Gasteiger partial charge in [0.05, 0.1) is 0 Å². The van der Waals surface area contributed by atoms with Crippen LogP contribution in [0.5, 0.6) is 0 Å². The second-order valence-electron chi connectivity index (χ2n) is 4.30. The number of nitrogens with zero attached hydrogens (tertiary/aromatic N) is 1. The maximum atomic E-state index is 11.8. The van der Waals surface area contributed by atoms with Crippen molar-refractivity contribution in [3.8, 4) is 0 Å². The van der Waals surface area contributed by atoms with E-state index in [0.29, 0.717) is 6.42 Å². The predicted molar refractivity (Wildman–Crippen MR) is 71.4 cm³/mol. The molecule has 3 nitrogen and oxygen atoms in total. The molecule has 0 spiro atoms. The van der Waals surface area contributed by atoms with Gasteiger partial charge in [-0.3, -0.25) is 4.79 Å². The average Bonchev–Trinajstić information content (AvgIpc) is 2.37. The largest absolute Gasteiger partial charge is 0.320 e. The van der Waals surface area contributed by atoms with Crippen LogP contribution < -0.4 is 5.32 Å². The predicted octanol–water partition coefficient (Wildman–Crippen LogP) is 1.80. The van der Waals surface area contributed by atoms with E-state index in [1.54, 1.807) is 0 Å². The molecular formula is C14H22N2O. The van der Waals surface area contributed by atoms with Gasteiger partial charge >= 0.3 is 0 Å². The van der Waals surface area contributed by atoms with E-state index in [1.807, 2.05) is 37.4 Å². The quantitative estimate of drug-likeness (QED) is 0.550. The number of hydrogen-bond donors (Lipinski definition) is 1. The highest BCUT2D eigenvalue weighted by atomic mass is 16.1. The van der Waals surface area contributed by atoms with Crippen LogP contribution in [0.1, 0.15) is 23.2 Å². The SMILES string of the molecule is CNCCCN(C)CCC(=O)c1ccccc1. The molecule has 1 aromatic carbocycles. The zero-order chi connectivity index (χ0) is 12.5. The fourth-order valence-corrected chi connectivity index (χ4v) is 1.70. The molecule has 0 heterocycles. The molecule has 0 unspecified atom stereocenters. The van der Waals surface area contributed by atoms with Gasteiger partial charge in [0, 0.05) is 18.5 Å². The number of hydrogen-bond acceptors (Lipinski definition) is 3. The van der Waals surface area contributed by atoms with Gasteiger partial charge in [-0.2, -0.15) is 0 Å². The highest BCUT2D eigenvalue weighted by Crippen LogP contribution is 2.03. The molecule has 0 aliphatic rings. The fourth-order valence-electron chi connectivity index (χ4n) is 1.70. The molecule has 0 amide bonds. The second kappa shape index (κ2) is 7.98. The van der Waals surface area contributed by atoms with Crippen molar-refractivity contribution in [1.29, 1.82) is 0 Å². The van der Waals surface area contributed by atoms with Crippen LogP contribution in [0.3, 0.4) is 0 Å². The molecule has 1 rings (SSSR count). The van der Waals surface area contributed by atoms with Crippen LogP contribution in [-0.2, 0) is 0 Å². The first-order valence-electron chi connectivity index (χ1n) is 6.15. The average molecular weight is 234 g/mol. The Morgan fingerprint density at radius 2 is 1.94 bits per heavy atom. The van der Waals surface area contributed by atoms with E-state index in [0.717, 1.165) is 31.6 Å². The minimum atomic E-state index is 0.228. The lowest BCUT2D eigenvalue weighted by Crippen LogP contribution is -2.25. The molecule has 0 atom stereocenters. The first-order valence-corrected chi connectivity index (χ1v) is 6.15. The van der Waals surface area contributed by atoms with Crippen LogP contribution in [0.2, 0.25) is 0 Å². The van der Waals surface area contributed by atoms with Crippen LogP contribution in [0.15, 0.2) is 30.3 Å². The Kier molecular flexibility index (Phi) is 6.51. The van der Waals surface area contributed by atoms with Gasteiger partial charge in [0.1, 0.15) is 0 Å². The van der Waals surface area contributed by atoms with Gasteiger partial charge in [0.15, 0.2) is 5.78 Å². The van der Waals surface area contributed by atoms with Gasteiger partial charge in [-0.05, 0) is 33.6 Å². The number of Topliss-reactive ketones (excluding diaryl/α,β-unsaturated/α-hetero) is 1. The van der Waals surface area contributed by atoms with Crippen LogP contribution >= 0.6 is 0 Å². The summed E-state index contributed by atoms with van der Waals surface area (Å²) in [6.45, 7) is 2.89. The molecule has 94 valence electrons. The number of ketones is 1. The molecular weight excluding hydrogens is 212 g/mol. The Morgan fingerprint density at radius 3 is 2.59 bits per heavy atom. The van der Waals surface area contributed by atoms with E-state index < -0.39 is 0 Å². The first kappa shape index (κ1) is 13.9. The van der Waals surface area contributed by atoms with E-state index in [-0.39, 0.29) is 5.78 Å². The molecule has 1 N–H and O–H groups in total. The summed E-state index contributed by atoms with van der Waals surface area (Å²) < 4.78 is 0. The maximum Gasteiger partial charge on any atom is 0.164 e. The third-order valence-corrected chi connectivity index (χ3v) is 2.78. The van der Waals surface area contributed by atoms with Crippen LogP contribution in [0.25, 0.3) is 0 Å². The minimum Gasteiger partial charge on any atom is -0.320 e. The molecule has 0 aromatic heterocycles. The van der Waals surface area contributed by atoms with E-state index in [1.165, 1.54) is 0 Å². The highest BCUT2D eigenvalue weighted by Gasteiger charge is 2.06. The Bertz CT molecular complexity index is 324. The molecule has 0 saturated carbocycles. The number of carbonyl (C=O) groups is 1. The molecule has 0 bridgehead atoms. The van der Waals surface area contributed by atoms with Gasteiger partial charge in [-0.1, -0.05) is 30.3 Å². The van der Waals surface area contributed by atoms with Crippen LogP contribution in [-0.4, -0.2) is 44.4 Å². The summed E-state index contributed by atoms with van der Waals surface area (Å²) in [4.78, 5) is 14.0. The number of benzene rings is 1. The third kappa shape index (κ3) is 5.61. The second-order valence-corrected chi connectivity index (χ2v) is 4.30. The highest BCUT2D eigenvalue weighted by molar-refractivity contribution is 5.96. The molecule has 3 heteroatoms. The lowest BCUT2D eigenvalue weighted by Gasteiger charge is -2.15. The zero-order valence-electron chi connectivity index (χ0n) is 10.8. The number of carbonyl (C=O) groups excluding carboxylic acids is 1. The number of nitrogens with one attached hydrogen (secondary N) is 1. The van der Waals surface area contributed by atoms with Crippen molar-refractivity contribution in [3.63, 3.8) is 0 Å². The van der Waals surface area contributed by atoms with Gasteiger partial charge in [-0.15, -0.1) is 0 Å². The molecule has 0 fully saturated rings. The summed E-state index contributed by atoms with van der Waals surface area (Å²) in [6.07, 6.45) is 1.71. The molecule has 0 saturated heterocycles. The van der Waals surface area contributed by atoms with Crippen molar-refractivity contribution in [2.45, 2.75) is 12.8 Å². The summed E-state index contributed by atoms with van der Waals surface area (Å²) in [5.74, 6) is 0.228. The van der Waals surface area contributed by atoms with E-state index in [9.17, 15) is 4.79 Å². The zero-order valence-corrected chi connectivity index (χ0v) is 10.8. The first-order chi connectivity index (χ1) is 8.24. The summed E-state index contributed by atoms with van der Waals surface area (Å²) in [6, 6.07) is 9.50. The van der Waals surface area contributed by atoms with Crippen molar-refractivity contribution >= 4 is 5.78 Å². The molecule has 0 aliphatic carbocycles. The van der Waals surface area contributed by atoms with Crippen molar-refractivity contribution in [3.05, 3.63) is 35.9 Å². The third-order valence-electron chi connectivity index (χ3n) is 2.78. The summed E-state index contributed by atoms with van der Waals surface area (Å²) in [7, 11) is 4.02. The van der Waals surface area contributed by atoms with Gasteiger partial charge in [0.25, 0.3) is 0 Å². The fraction of sp³-hybridized carbons (Fsp3) is 0.500. The van der Waals surface area contributed by atoms with E-state index >= 15 is 0 Å². The Balaban J connectivity index is 2.24. The summed E-state index contributed by atoms with van der Waals surface area (Å²) in [5.41, 5.74) is 0.816. The van der Waals surface area contributed by atoms with Gasteiger partial charge in [-0.25, -0.2) is 0 Å². The Morgan fingerprint density at radius 1 is 1.24 bits per heavy atom. The lowest BCUT2D eigenvalue weighted by atomic mass is 10.1. The van der Waals surface area contributed by atoms with Crippen LogP contribution in [0, 0.1) is 0 Å². The van der Waals surface area contributed by atoms with Crippen molar-refractivity contribution in [2.24, 2.45) is 0 Å². The minimum absolute atomic E-state index is 0.228. The lowest BCUT2D eigenvalue weighted by molar-refractivity contribution is 0.0969. The summed E-state index contributed by atoms with van der Waals surface area (Å²) in [5, 5.41) is 3.12. The smallest absolute Gasteiger partial charge is 0.164 e. The topological polar surface area (TPSA) is 32.3 Å². The van der Waals surface area contributed by atoms with Crippen molar-refractivity contribution in [1.82, 2.24) is 10.2 Å². The standard InChI is InChI=1S/C14H22N2O/c1-15-10-6-11-16(2)12-9-14(17)13-7-4-3-5-8-13/h3-5,7-8,15H,6,9-12H2,1-2H3. The van der Waals surface area contributed by atoms with Gasteiger partial charge < -0.3 is 10.2 Å². The molecule has 0 aliphatic heterocycles. The van der Waals surface area contributed by atoms with E-state index in [4.69, 9.17) is 0 Å². The maximum absolute atomic E-state index is 11.8. The molecule has 0 radical (unpaired) electrons. The van der Waals surface area contributed by atoms with Crippen LogP contribution in [0.4, 0.5) is 0 Å². The van der Waals surface area contributed by atoms with Crippen molar-refractivity contribution in [2.75, 3.05) is 33.7 Å². The van der Waals surface area contributed by atoms with Gasteiger partial charge in [0.2, 0.25) is 0 Å². The molecule has 1 aromatic rings.